The first kappa shape index (κ1) is 11.9. The summed E-state index contributed by atoms with van der Waals surface area (Å²) in [4.78, 5) is 2.32. The van der Waals surface area contributed by atoms with Gasteiger partial charge in [0.2, 0.25) is 0 Å². The van der Waals surface area contributed by atoms with Gasteiger partial charge < -0.3 is 15.2 Å². The predicted molar refractivity (Wildman–Crippen MR) is 56.4 cm³/mol. The van der Waals surface area contributed by atoms with Crippen molar-refractivity contribution in [3.8, 4) is 0 Å². The van der Waals surface area contributed by atoms with Crippen molar-refractivity contribution >= 4 is 0 Å². The second-order valence-corrected chi connectivity index (χ2v) is 3.75. The van der Waals surface area contributed by atoms with E-state index in [0.717, 1.165) is 32.8 Å². The van der Waals surface area contributed by atoms with Crippen LogP contribution >= 0.6 is 0 Å². The molecule has 1 aliphatic heterocycles. The van der Waals surface area contributed by atoms with Gasteiger partial charge in [-0.2, -0.15) is 0 Å². The van der Waals surface area contributed by atoms with Gasteiger partial charge in [0.1, 0.15) is 0 Å². The van der Waals surface area contributed by atoms with Crippen molar-refractivity contribution in [2.75, 3.05) is 46.5 Å². The summed E-state index contributed by atoms with van der Waals surface area (Å²) in [6.45, 7) is 4.84. The lowest BCUT2D eigenvalue weighted by molar-refractivity contribution is 0.0905. The zero-order valence-electron chi connectivity index (χ0n) is 9.04. The summed E-state index contributed by atoms with van der Waals surface area (Å²) < 4.78 is 5.07. The Kier molecular flexibility index (Phi) is 6.10. The lowest BCUT2D eigenvalue weighted by atomic mass is 10.1. The maximum Gasteiger partial charge on any atom is 0.0589 e. The minimum atomic E-state index is 0.236. The van der Waals surface area contributed by atoms with E-state index in [4.69, 9.17) is 9.84 Å². The molecule has 0 radical (unpaired) electrons. The van der Waals surface area contributed by atoms with Crippen molar-refractivity contribution in [2.24, 2.45) is 0 Å². The highest BCUT2D eigenvalue weighted by molar-refractivity contribution is 4.78. The SMILES string of the molecule is COCCN(CCO)C1CCCNC1. The van der Waals surface area contributed by atoms with Gasteiger partial charge in [0.25, 0.3) is 0 Å². The highest BCUT2D eigenvalue weighted by Crippen LogP contribution is 2.09. The number of hydrogen-bond donors (Lipinski definition) is 2. The fraction of sp³-hybridized carbons (Fsp3) is 1.00. The van der Waals surface area contributed by atoms with Crippen molar-refractivity contribution < 1.29 is 9.84 Å². The Hall–Kier alpha value is -0.160. The van der Waals surface area contributed by atoms with Crippen molar-refractivity contribution in [1.29, 1.82) is 0 Å². The number of hydrogen-bond acceptors (Lipinski definition) is 4. The number of piperidine rings is 1. The molecule has 0 amide bonds. The molecule has 0 bridgehead atoms. The van der Waals surface area contributed by atoms with Gasteiger partial charge in [-0.3, -0.25) is 4.90 Å². The van der Waals surface area contributed by atoms with E-state index in [-0.39, 0.29) is 6.61 Å². The molecule has 0 aliphatic carbocycles. The van der Waals surface area contributed by atoms with Gasteiger partial charge in [-0.15, -0.1) is 0 Å². The van der Waals surface area contributed by atoms with Crippen LogP contribution in [0.15, 0.2) is 0 Å². The van der Waals surface area contributed by atoms with Crippen LogP contribution in [-0.4, -0.2) is 62.6 Å². The zero-order valence-corrected chi connectivity index (χ0v) is 9.04. The number of nitrogens with zero attached hydrogens (tertiary/aromatic N) is 1. The molecule has 1 fully saturated rings. The Bertz CT molecular complexity index is 138. The fourth-order valence-electron chi connectivity index (χ4n) is 1.96. The topological polar surface area (TPSA) is 44.7 Å². The van der Waals surface area contributed by atoms with E-state index in [1.54, 1.807) is 7.11 Å². The Balaban J connectivity index is 2.30. The van der Waals surface area contributed by atoms with Gasteiger partial charge in [-0.25, -0.2) is 0 Å². The molecule has 84 valence electrons. The van der Waals surface area contributed by atoms with Crippen LogP contribution in [0.2, 0.25) is 0 Å². The summed E-state index contributed by atoms with van der Waals surface area (Å²) in [6, 6.07) is 0.575. The van der Waals surface area contributed by atoms with E-state index >= 15 is 0 Å². The van der Waals surface area contributed by atoms with Crippen LogP contribution in [0, 0.1) is 0 Å². The number of methoxy groups -OCH3 is 1. The Morgan fingerprint density at radius 1 is 1.50 bits per heavy atom. The molecular formula is C10H22N2O2. The Morgan fingerprint density at radius 3 is 2.93 bits per heavy atom. The quantitative estimate of drug-likeness (QED) is 0.619. The van der Waals surface area contributed by atoms with Crippen LogP contribution in [0.25, 0.3) is 0 Å². The van der Waals surface area contributed by atoms with Crippen molar-refractivity contribution in [3.63, 3.8) is 0 Å². The maximum absolute atomic E-state index is 8.96. The molecule has 4 nitrogen and oxygen atoms in total. The molecule has 2 N–H and O–H groups in total. The van der Waals surface area contributed by atoms with E-state index in [2.05, 4.69) is 10.2 Å². The van der Waals surface area contributed by atoms with E-state index < -0.39 is 0 Å². The fourth-order valence-corrected chi connectivity index (χ4v) is 1.96. The van der Waals surface area contributed by atoms with Crippen LogP contribution in [-0.2, 0) is 4.74 Å². The highest BCUT2D eigenvalue weighted by Gasteiger charge is 2.19. The first-order chi connectivity index (χ1) is 6.88. The minimum Gasteiger partial charge on any atom is -0.395 e. The van der Waals surface area contributed by atoms with E-state index in [1.165, 1.54) is 12.8 Å². The monoisotopic (exact) mass is 202 g/mol. The van der Waals surface area contributed by atoms with Crippen LogP contribution in [0.1, 0.15) is 12.8 Å². The second-order valence-electron chi connectivity index (χ2n) is 3.75. The lowest BCUT2D eigenvalue weighted by Gasteiger charge is -2.34. The molecule has 0 spiro atoms. The standard InChI is InChI=1S/C10H22N2O2/c1-14-8-6-12(5-7-13)10-3-2-4-11-9-10/h10-11,13H,2-9H2,1H3. The van der Waals surface area contributed by atoms with Gasteiger partial charge in [0.15, 0.2) is 0 Å². The van der Waals surface area contributed by atoms with E-state index in [9.17, 15) is 0 Å². The van der Waals surface area contributed by atoms with Crippen LogP contribution in [0.4, 0.5) is 0 Å². The van der Waals surface area contributed by atoms with Gasteiger partial charge in [0, 0.05) is 32.8 Å². The Morgan fingerprint density at radius 2 is 2.36 bits per heavy atom. The molecule has 14 heavy (non-hydrogen) atoms. The molecule has 1 unspecified atom stereocenters. The molecule has 1 saturated heterocycles. The Labute approximate surface area is 86.2 Å². The van der Waals surface area contributed by atoms with Crippen LogP contribution in [0.3, 0.4) is 0 Å². The molecule has 0 aromatic rings. The summed E-state index contributed by atoms with van der Waals surface area (Å²) >= 11 is 0. The number of ether oxygens (including phenoxy) is 1. The summed E-state index contributed by atoms with van der Waals surface area (Å²) in [6.07, 6.45) is 2.47. The third-order valence-corrected chi connectivity index (χ3v) is 2.76. The zero-order chi connectivity index (χ0) is 10.2. The molecule has 0 aromatic carbocycles. The molecule has 1 aliphatic rings. The molecule has 4 heteroatoms. The summed E-state index contributed by atoms with van der Waals surface area (Å²) in [5.41, 5.74) is 0. The van der Waals surface area contributed by atoms with E-state index in [0.29, 0.717) is 6.04 Å². The minimum absolute atomic E-state index is 0.236. The lowest BCUT2D eigenvalue weighted by Crippen LogP contribution is -2.48. The number of nitrogens with one attached hydrogen (secondary N) is 1. The van der Waals surface area contributed by atoms with Gasteiger partial charge in [0.05, 0.1) is 13.2 Å². The highest BCUT2D eigenvalue weighted by atomic mass is 16.5. The van der Waals surface area contributed by atoms with Crippen LogP contribution in [0.5, 0.6) is 0 Å². The number of rotatable bonds is 6. The largest absolute Gasteiger partial charge is 0.395 e. The molecule has 0 aromatic heterocycles. The first-order valence-corrected chi connectivity index (χ1v) is 5.43. The van der Waals surface area contributed by atoms with Gasteiger partial charge in [-0.1, -0.05) is 0 Å². The van der Waals surface area contributed by atoms with Crippen molar-refractivity contribution in [1.82, 2.24) is 10.2 Å². The predicted octanol–water partition coefficient (Wildman–Crippen LogP) is -0.321. The molecule has 1 heterocycles. The summed E-state index contributed by atoms with van der Waals surface area (Å²) in [5.74, 6) is 0. The smallest absolute Gasteiger partial charge is 0.0589 e. The van der Waals surface area contributed by atoms with Gasteiger partial charge in [-0.05, 0) is 19.4 Å². The molecule has 1 rings (SSSR count). The van der Waals surface area contributed by atoms with E-state index in [1.807, 2.05) is 0 Å². The molecule has 0 saturated carbocycles. The number of aliphatic hydroxyl groups is 1. The van der Waals surface area contributed by atoms with Crippen molar-refractivity contribution in [2.45, 2.75) is 18.9 Å². The maximum atomic E-state index is 8.96. The average Bonchev–Trinajstić information content (AvgIpc) is 2.25. The third kappa shape index (κ3) is 3.92. The van der Waals surface area contributed by atoms with Crippen molar-refractivity contribution in [3.05, 3.63) is 0 Å². The molecule has 1 atom stereocenters. The average molecular weight is 202 g/mol. The first-order valence-electron chi connectivity index (χ1n) is 5.43. The van der Waals surface area contributed by atoms with Gasteiger partial charge >= 0.3 is 0 Å². The summed E-state index contributed by atoms with van der Waals surface area (Å²) in [5, 5.41) is 12.3. The van der Waals surface area contributed by atoms with Crippen LogP contribution < -0.4 is 5.32 Å². The molecular weight excluding hydrogens is 180 g/mol. The second kappa shape index (κ2) is 7.17. The third-order valence-electron chi connectivity index (χ3n) is 2.76. The summed E-state index contributed by atoms with van der Waals surface area (Å²) in [7, 11) is 1.72. The normalized spacial score (nSPS) is 22.9. The number of aliphatic hydroxyl groups excluding tert-OH is 1.